The molecule has 0 bridgehead atoms. The number of benzene rings is 2. The highest BCUT2D eigenvalue weighted by Crippen LogP contribution is 2.36. The maximum absolute atomic E-state index is 12.6. The molecule has 0 radical (unpaired) electrons. The van der Waals surface area contributed by atoms with Gasteiger partial charge in [-0.3, -0.25) is 4.79 Å². The van der Waals surface area contributed by atoms with Crippen LogP contribution in [0.15, 0.2) is 47.4 Å². The molecule has 2 aromatic carbocycles. The fourth-order valence-electron chi connectivity index (χ4n) is 3.18. The van der Waals surface area contributed by atoms with E-state index in [0.717, 1.165) is 36.4 Å². The molecule has 1 unspecified atom stereocenters. The molecule has 0 spiro atoms. The largest absolute Gasteiger partial charge is 0.384 e. The lowest BCUT2D eigenvalue weighted by molar-refractivity contribution is 0.0935. The van der Waals surface area contributed by atoms with Gasteiger partial charge in [-0.2, -0.15) is 0 Å². The molecule has 4 rings (SSSR count). The van der Waals surface area contributed by atoms with Gasteiger partial charge >= 0.3 is 0 Å². The Kier molecular flexibility index (Phi) is 3.54. The van der Waals surface area contributed by atoms with Crippen molar-refractivity contribution in [3.8, 4) is 0 Å². The van der Waals surface area contributed by atoms with E-state index >= 15 is 0 Å². The maximum atomic E-state index is 12.6. The average Bonchev–Trinajstić information content (AvgIpc) is 3.02. The lowest BCUT2D eigenvalue weighted by Crippen LogP contribution is -2.30. The van der Waals surface area contributed by atoms with Crippen LogP contribution < -0.4 is 10.6 Å². The average molecular weight is 310 g/mol. The van der Waals surface area contributed by atoms with Gasteiger partial charge in [0, 0.05) is 28.4 Å². The van der Waals surface area contributed by atoms with Crippen molar-refractivity contribution >= 4 is 23.4 Å². The lowest BCUT2D eigenvalue weighted by Gasteiger charge is -2.26. The summed E-state index contributed by atoms with van der Waals surface area (Å²) >= 11 is 1.87. The van der Waals surface area contributed by atoms with Crippen molar-refractivity contribution in [3.63, 3.8) is 0 Å². The van der Waals surface area contributed by atoms with Crippen molar-refractivity contribution in [2.45, 2.75) is 23.8 Å². The highest BCUT2D eigenvalue weighted by molar-refractivity contribution is 7.99. The summed E-state index contributed by atoms with van der Waals surface area (Å²) in [7, 11) is 0. The van der Waals surface area contributed by atoms with E-state index in [9.17, 15) is 4.79 Å². The predicted octanol–water partition coefficient (Wildman–Crippen LogP) is 3.62. The number of hydrogen-bond donors (Lipinski definition) is 2. The van der Waals surface area contributed by atoms with Gasteiger partial charge in [-0.1, -0.05) is 18.2 Å². The van der Waals surface area contributed by atoms with Crippen LogP contribution in [0.3, 0.4) is 0 Å². The molecule has 0 saturated carbocycles. The summed E-state index contributed by atoms with van der Waals surface area (Å²) < 4.78 is 0. The van der Waals surface area contributed by atoms with Crippen LogP contribution in [0.2, 0.25) is 0 Å². The normalized spacial score (nSPS) is 19.0. The third-order valence-corrected chi connectivity index (χ3v) is 5.46. The summed E-state index contributed by atoms with van der Waals surface area (Å²) in [6.07, 6.45) is 1.99. The van der Waals surface area contributed by atoms with E-state index in [-0.39, 0.29) is 11.9 Å². The van der Waals surface area contributed by atoms with Crippen molar-refractivity contribution in [3.05, 3.63) is 59.2 Å². The van der Waals surface area contributed by atoms with E-state index < -0.39 is 0 Å². The molecule has 0 aromatic heterocycles. The molecule has 112 valence electrons. The minimum Gasteiger partial charge on any atom is -0.384 e. The molecular weight excluding hydrogens is 292 g/mol. The molecule has 4 heteroatoms. The Bertz CT molecular complexity index is 729. The number of anilines is 1. The van der Waals surface area contributed by atoms with Crippen LogP contribution in [0, 0.1) is 0 Å². The van der Waals surface area contributed by atoms with Gasteiger partial charge in [-0.15, -0.1) is 11.8 Å². The van der Waals surface area contributed by atoms with Crippen molar-refractivity contribution in [2.24, 2.45) is 0 Å². The Hall–Kier alpha value is -1.94. The summed E-state index contributed by atoms with van der Waals surface area (Å²) in [5.41, 5.74) is 4.41. The van der Waals surface area contributed by atoms with Crippen LogP contribution in [0.4, 0.5) is 5.69 Å². The first-order valence-electron chi connectivity index (χ1n) is 7.71. The molecule has 0 aliphatic carbocycles. The van der Waals surface area contributed by atoms with E-state index in [1.54, 1.807) is 0 Å². The number of rotatable bonds is 2. The Balaban J connectivity index is 1.55. The van der Waals surface area contributed by atoms with Gasteiger partial charge < -0.3 is 10.6 Å². The SMILES string of the molecule is O=C(NC1CCSc2ccccc21)c1ccc2c(c1)CCN2. The van der Waals surface area contributed by atoms with Crippen molar-refractivity contribution in [1.29, 1.82) is 0 Å². The van der Waals surface area contributed by atoms with Gasteiger partial charge in [0.1, 0.15) is 0 Å². The quantitative estimate of drug-likeness (QED) is 0.890. The lowest BCUT2D eigenvalue weighted by atomic mass is 10.0. The van der Waals surface area contributed by atoms with Crippen LogP contribution in [0.25, 0.3) is 0 Å². The van der Waals surface area contributed by atoms with Crippen LogP contribution in [-0.2, 0) is 6.42 Å². The number of thioether (sulfide) groups is 1. The van der Waals surface area contributed by atoms with Gasteiger partial charge in [0.15, 0.2) is 0 Å². The number of hydrogen-bond acceptors (Lipinski definition) is 3. The monoisotopic (exact) mass is 310 g/mol. The minimum absolute atomic E-state index is 0.0291. The number of carbonyl (C=O) groups is 1. The fraction of sp³-hybridized carbons (Fsp3) is 0.278. The number of carbonyl (C=O) groups excluding carboxylic acids is 1. The Labute approximate surface area is 134 Å². The summed E-state index contributed by atoms with van der Waals surface area (Å²) in [6, 6.07) is 14.4. The highest BCUT2D eigenvalue weighted by atomic mass is 32.2. The first-order chi connectivity index (χ1) is 10.8. The number of fused-ring (bicyclic) bond motifs is 2. The van der Waals surface area contributed by atoms with Gasteiger partial charge in [0.25, 0.3) is 5.91 Å². The van der Waals surface area contributed by atoms with Gasteiger partial charge in [-0.05, 0) is 48.2 Å². The Morgan fingerprint density at radius 1 is 1.23 bits per heavy atom. The number of amides is 1. The Morgan fingerprint density at radius 2 is 2.14 bits per heavy atom. The zero-order valence-corrected chi connectivity index (χ0v) is 13.1. The molecule has 2 aromatic rings. The summed E-state index contributed by atoms with van der Waals surface area (Å²) in [6.45, 7) is 0.966. The first kappa shape index (κ1) is 13.7. The van der Waals surface area contributed by atoms with Gasteiger partial charge in [0.2, 0.25) is 0 Å². The van der Waals surface area contributed by atoms with Gasteiger partial charge in [-0.25, -0.2) is 0 Å². The third-order valence-electron chi connectivity index (χ3n) is 4.34. The zero-order valence-electron chi connectivity index (χ0n) is 12.3. The maximum Gasteiger partial charge on any atom is 0.251 e. The molecule has 1 atom stereocenters. The standard InChI is InChI=1S/C18H18N2OS/c21-18(13-5-6-15-12(11-13)7-9-19-15)20-16-8-10-22-17-4-2-1-3-14(16)17/h1-6,11,16,19H,7-10H2,(H,20,21). The molecule has 0 fully saturated rings. The topological polar surface area (TPSA) is 41.1 Å². The summed E-state index contributed by atoms with van der Waals surface area (Å²) in [5.74, 6) is 1.08. The van der Waals surface area contributed by atoms with Crippen molar-refractivity contribution < 1.29 is 4.79 Å². The van der Waals surface area contributed by atoms with E-state index in [1.165, 1.54) is 16.0 Å². The Morgan fingerprint density at radius 3 is 3.09 bits per heavy atom. The first-order valence-corrected chi connectivity index (χ1v) is 8.69. The van der Waals surface area contributed by atoms with E-state index in [2.05, 4.69) is 28.8 Å². The predicted molar refractivity (Wildman–Crippen MR) is 90.6 cm³/mol. The van der Waals surface area contributed by atoms with E-state index in [4.69, 9.17) is 0 Å². The molecule has 2 N–H and O–H groups in total. The van der Waals surface area contributed by atoms with Crippen molar-refractivity contribution in [1.82, 2.24) is 5.32 Å². The van der Waals surface area contributed by atoms with Crippen molar-refractivity contribution in [2.75, 3.05) is 17.6 Å². The fourth-order valence-corrected chi connectivity index (χ4v) is 4.30. The highest BCUT2D eigenvalue weighted by Gasteiger charge is 2.23. The molecule has 2 aliphatic rings. The van der Waals surface area contributed by atoms with Gasteiger partial charge in [0.05, 0.1) is 6.04 Å². The summed E-state index contributed by atoms with van der Waals surface area (Å²) in [5, 5.41) is 6.54. The molecule has 0 saturated heterocycles. The molecule has 3 nitrogen and oxygen atoms in total. The molecule has 2 heterocycles. The molecule has 2 aliphatic heterocycles. The second-order valence-electron chi connectivity index (χ2n) is 5.75. The second-order valence-corrected chi connectivity index (χ2v) is 6.89. The zero-order chi connectivity index (χ0) is 14.9. The second kappa shape index (κ2) is 5.69. The number of nitrogens with one attached hydrogen (secondary N) is 2. The van der Waals surface area contributed by atoms with E-state index in [0.29, 0.717) is 0 Å². The molecular formula is C18H18N2OS. The third kappa shape index (κ3) is 2.48. The van der Waals surface area contributed by atoms with E-state index in [1.807, 2.05) is 36.0 Å². The smallest absolute Gasteiger partial charge is 0.251 e. The van der Waals surface area contributed by atoms with Crippen LogP contribution in [-0.4, -0.2) is 18.2 Å². The molecule has 22 heavy (non-hydrogen) atoms. The minimum atomic E-state index is 0.0291. The van der Waals surface area contributed by atoms with Crippen LogP contribution >= 0.6 is 11.8 Å². The van der Waals surface area contributed by atoms with Crippen LogP contribution in [0.1, 0.15) is 33.9 Å². The molecule has 1 amide bonds. The van der Waals surface area contributed by atoms with Crippen LogP contribution in [0.5, 0.6) is 0 Å². The summed E-state index contributed by atoms with van der Waals surface area (Å²) in [4.78, 5) is 13.9.